The summed E-state index contributed by atoms with van der Waals surface area (Å²) in [6.07, 6.45) is 3.22. The molecular weight excluding hydrogens is 156 g/mol. The Labute approximate surface area is 74.0 Å². The van der Waals surface area contributed by atoms with Gasteiger partial charge in [-0.2, -0.15) is 0 Å². The first kappa shape index (κ1) is 11.4. The lowest BCUT2D eigenvalue weighted by atomic mass is 10.3. The number of unbranched alkanes of at least 4 members (excludes halogenated alkanes) is 1. The van der Waals surface area contributed by atoms with Gasteiger partial charge in [-0.05, 0) is 13.3 Å². The second kappa shape index (κ2) is 8.53. The van der Waals surface area contributed by atoms with E-state index in [0.29, 0.717) is 13.1 Å². The molecule has 3 heteroatoms. The van der Waals surface area contributed by atoms with Gasteiger partial charge in [-0.1, -0.05) is 13.3 Å². The zero-order valence-corrected chi connectivity index (χ0v) is 7.91. The van der Waals surface area contributed by atoms with Crippen molar-refractivity contribution in [3.63, 3.8) is 0 Å². The van der Waals surface area contributed by atoms with Crippen molar-refractivity contribution in [2.45, 2.75) is 39.2 Å². The Kier molecular flexibility index (Phi) is 8.12. The molecule has 0 aliphatic heterocycles. The Morgan fingerprint density at radius 2 is 2.17 bits per heavy atom. The van der Waals surface area contributed by atoms with Crippen LogP contribution >= 0.6 is 0 Å². The molecular formula is C9H18O3. The summed E-state index contributed by atoms with van der Waals surface area (Å²) in [5.74, 6) is 0. The third-order valence-electron chi connectivity index (χ3n) is 1.61. The molecule has 0 aliphatic rings. The summed E-state index contributed by atoms with van der Waals surface area (Å²) >= 11 is 0. The van der Waals surface area contributed by atoms with Crippen LogP contribution in [-0.4, -0.2) is 25.8 Å². The third-order valence-corrected chi connectivity index (χ3v) is 1.61. The van der Waals surface area contributed by atoms with Crippen LogP contribution in [0.1, 0.15) is 33.1 Å². The zero-order valence-electron chi connectivity index (χ0n) is 7.91. The number of ether oxygens (including phenoxy) is 2. The van der Waals surface area contributed by atoms with E-state index in [1.807, 2.05) is 6.92 Å². The van der Waals surface area contributed by atoms with Crippen molar-refractivity contribution in [1.82, 2.24) is 0 Å². The number of hydrogen-bond donors (Lipinski definition) is 0. The summed E-state index contributed by atoms with van der Waals surface area (Å²) in [7, 11) is 0. The monoisotopic (exact) mass is 174 g/mol. The van der Waals surface area contributed by atoms with Crippen molar-refractivity contribution in [2.75, 3.05) is 13.2 Å². The van der Waals surface area contributed by atoms with Crippen LogP contribution in [0.5, 0.6) is 0 Å². The fourth-order valence-electron chi connectivity index (χ4n) is 0.794. The molecule has 12 heavy (non-hydrogen) atoms. The minimum absolute atomic E-state index is 0.191. The van der Waals surface area contributed by atoms with Crippen LogP contribution < -0.4 is 0 Å². The molecule has 0 bridgehead atoms. The largest absolute Gasteiger partial charge is 0.468 e. The Morgan fingerprint density at radius 1 is 1.42 bits per heavy atom. The molecule has 3 nitrogen and oxygen atoms in total. The Bertz CT molecular complexity index is 104. The van der Waals surface area contributed by atoms with Gasteiger partial charge in [0.15, 0.2) is 0 Å². The number of carbonyl (C=O) groups excluding carboxylic acids is 1. The van der Waals surface area contributed by atoms with Crippen LogP contribution in [0.25, 0.3) is 0 Å². The molecule has 1 unspecified atom stereocenters. The van der Waals surface area contributed by atoms with E-state index >= 15 is 0 Å². The molecule has 0 aliphatic carbocycles. The molecule has 0 spiro atoms. The van der Waals surface area contributed by atoms with Crippen molar-refractivity contribution in [3.8, 4) is 0 Å². The molecule has 0 saturated carbocycles. The summed E-state index contributed by atoms with van der Waals surface area (Å²) in [6, 6.07) is 0. The lowest BCUT2D eigenvalue weighted by Gasteiger charge is -2.11. The van der Waals surface area contributed by atoms with Gasteiger partial charge in [-0.25, -0.2) is 0 Å². The van der Waals surface area contributed by atoms with E-state index in [4.69, 9.17) is 4.74 Å². The average molecular weight is 174 g/mol. The van der Waals surface area contributed by atoms with E-state index < -0.39 is 0 Å². The van der Waals surface area contributed by atoms with Gasteiger partial charge in [-0.15, -0.1) is 0 Å². The van der Waals surface area contributed by atoms with Crippen molar-refractivity contribution in [3.05, 3.63) is 0 Å². The highest BCUT2D eigenvalue weighted by Crippen LogP contribution is 1.99. The van der Waals surface area contributed by atoms with Gasteiger partial charge >= 0.3 is 0 Å². The molecule has 0 fully saturated rings. The van der Waals surface area contributed by atoms with E-state index in [9.17, 15) is 4.79 Å². The number of hydrogen-bond acceptors (Lipinski definition) is 3. The first-order valence-electron chi connectivity index (χ1n) is 4.48. The standard InChI is InChI=1S/C9H18O3/c1-3-4-6-12-9(2)5-7-11-8-10/h8-9H,3-7H2,1-2H3. The van der Waals surface area contributed by atoms with Gasteiger partial charge < -0.3 is 9.47 Å². The highest BCUT2D eigenvalue weighted by Gasteiger charge is 2.00. The van der Waals surface area contributed by atoms with Crippen LogP contribution in [0.15, 0.2) is 0 Å². The molecule has 0 radical (unpaired) electrons. The Morgan fingerprint density at radius 3 is 2.75 bits per heavy atom. The van der Waals surface area contributed by atoms with Gasteiger partial charge in [0, 0.05) is 13.0 Å². The smallest absolute Gasteiger partial charge is 0.293 e. The summed E-state index contributed by atoms with van der Waals surface area (Å²) in [4.78, 5) is 9.78. The van der Waals surface area contributed by atoms with Crippen molar-refractivity contribution in [2.24, 2.45) is 0 Å². The highest BCUT2D eigenvalue weighted by atomic mass is 16.5. The van der Waals surface area contributed by atoms with Gasteiger partial charge in [-0.3, -0.25) is 4.79 Å². The second-order valence-electron chi connectivity index (χ2n) is 2.79. The summed E-state index contributed by atoms with van der Waals surface area (Å²) < 4.78 is 9.98. The zero-order chi connectivity index (χ0) is 9.23. The molecule has 1 atom stereocenters. The first-order valence-corrected chi connectivity index (χ1v) is 4.48. The van der Waals surface area contributed by atoms with Crippen molar-refractivity contribution in [1.29, 1.82) is 0 Å². The van der Waals surface area contributed by atoms with Crippen LogP contribution in [0, 0.1) is 0 Å². The molecule has 0 N–H and O–H groups in total. The second-order valence-corrected chi connectivity index (χ2v) is 2.79. The highest BCUT2D eigenvalue weighted by molar-refractivity contribution is 5.36. The SMILES string of the molecule is CCCCOC(C)CCOC=O. The minimum Gasteiger partial charge on any atom is -0.468 e. The summed E-state index contributed by atoms with van der Waals surface area (Å²) in [5, 5.41) is 0. The average Bonchev–Trinajstić information content (AvgIpc) is 2.06. The molecule has 0 aromatic carbocycles. The molecule has 0 heterocycles. The number of rotatable bonds is 8. The Balaban J connectivity index is 3.09. The van der Waals surface area contributed by atoms with Crippen LogP contribution in [0.4, 0.5) is 0 Å². The number of carbonyl (C=O) groups is 1. The topological polar surface area (TPSA) is 35.5 Å². The van der Waals surface area contributed by atoms with E-state index in [-0.39, 0.29) is 6.10 Å². The van der Waals surface area contributed by atoms with Crippen molar-refractivity contribution >= 4 is 6.47 Å². The summed E-state index contributed by atoms with van der Waals surface area (Å²) in [5.41, 5.74) is 0. The van der Waals surface area contributed by atoms with Gasteiger partial charge in [0.2, 0.25) is 0 Å². The van der Waals surface area contributed by atoms with E-state index in [0.717, 1.165) is 25.9 Å². The van der Waals surface area contributed by atoms with Gasteiger partial charge in [0.05, 0.1) is 12.7 Å². The lowest BCUT2D eigenvalue weighted by Crippen LogP contribution is -2.12. The Hall–Kier alpha value is -0.570. The van der Waals surface area contributed by atoms with Crippen LogP contribution in [0.2, 0.25) is 0 Å². The predicted molar refractivity (Wildman–Crippen MR) is 47.0 cm³/mol. The summed E-state index contributed by atoms with van der Waals surface area (Å²) in [6.45, 7) is 5.85. The van der Waals surface area contributed by atoms with Crippen molar-refractivity contribution < 1.29 is 14.3 Å². The maximum absolute atomic E-state index is 9.78. The molecule has 0 aromatic heterocycles. The molecule has 0 rings (SSSR count). The fourth-order valence-corrected chi connectivity index (χ4v) is 0.794. The maximum Gasteiger partial charge on any atom is 0.293 e. The fraction of sp³-hybridized carbons (Fsp3) is 0.889. The van der Waals surface area contributed by atoms with Crippen LogP contribution in [0.3, 0.4) is 0 Å². The normalized spacial score (nSPS) is 12.5. The maximum atomic E-state index is 9.78. The minimum atomic E-state index is 0.191. The van der Waals surface area contributed by atoms with E-state index in [1.54, 1.807) is 0 Å². The van der Waals surface area contributed by atoms with Gasteiger partial charge in [0.1, 0.15) is 0 Å². The molecule has 0 saturated heterocycles. The van der Waals surface area contributed by atoms with E-state index in [2.05, 4.69) is 11.7 Å². The predicted octanol–water partition coefficient (Wildman–Crippen LogP) is 1.75. The van der Waals surface area contributed by atoms with E-state index in [1.165, 1.54) is 0 Å². The lowest BCUT2D eigenvalue weighted by molar-refractivity contribution is -0.129. The van der Waals surface area contributed by atoms with Gasteiger partial charge in [0.25, 0.3) is 6.47 Å². The quantitative estimate of drug-likeness (QED) is 0.415. The third kappa shape index (κ3) is 7.54. The molecule has 72 valence electrons. The first-order chi connectivity index (χ1) is 5.81. The molecule has 0 aromatic rings. The van der Waals surface area contributed by atoms with Crippen LogP contribution in [-0.2, 0) is 14.3 Å². The molecule has 0 amide bonds.